The summed E-state index contributed by atoms with van der Waals surface area (Å²) in [5, 5.41) is 0. The van der Waals surface area contributed by atoms with Crippen molar-refractivity contribution in [2.75, 3.05) is 24.6 Å². The Morgan fingerprint density at radius 2 is 1.80 bits per heavy atom. The van der Waals surface area contributed by atoms with E-state index in [9.17, 15) is 0 Å². The summed E-state index contributed by atoms with van der Waals surface area (Å²) in [6.45, 7) is 9.36. The van der Waals surface area contributed by atoms with Gasteiger partial charge >= 0.3 is 0 Å². The largest absolute Gasteiger partial charge is 0.378 e. The molecule has 0 bridgehead atoms. The van der Waals surface area contributed by atoms with Gasteiger partial charge in [-0.3, -0.25) is 0 Å². The highest BCUT2D eigenvalue weighted by Gasteiger charge is 2.30. The van der Waals surface area contributed by atoms with E-state index in [4.69, 9.17) is 4.74 Å². The fourth-order valence-electron chi connectivity index (χ4n) is 3.52. The van der Waals surface area contributed by atoms with E-state index in [0.29, 0.717) is 6.10 Å². The van der Waals surface area contributed by atoms with E-state index in [2.05, 4.69) is 28.7 Å². The van der Waals surface area contributed by atoms with E-state index in [1.165, 1.54) is 31.2 Å². The molecule has 2 saturated heterocycles. The van der Waals surface area contributed by atoms with Gasteiger partial charge in [-0.15, -0.1) is 0 Å². The lowest BCUT2D eigenvalue weighted by Gasteiger charge is -2.36. The Balaban J connectivity index is 1.68. The molecule has 0 radical (unpaired) electrons. The fourth-order valence-corrected chi connectivity index (χ4v) is 3.52. The van der Waals surface area contributed by atoms with Crippen molar-refractivity contribution < 1.29 is 4.74 Å². The molecule has 1 atom stereocenters. The quantitative estimate of drug-likeness (QED) is 0.832. The smallest absolute Gasteiger partial charge is 0.135 e. The van der Waals surface area contributed by atoms with Gasteiger partial charge in [-0.1, -0.05) is 0 Å². The van der Waals surface area contributed by atoms with Crippen LogP contribution in [0.4, 0.5) is 5.82 Å². The van der Waals surface area contributed by atoms with Gasteiger partial charge in [0.25, 0.3) is 0 Å². The first-order valence-electron chi connectivity index (χ1n) is 7.83. The van der Waals surface area contributed by atoms with Crippen LogP contribution in [-0.2, 0) is 4.74 Å². The maximum atomic E-state index is 5.85. The molecule has 4 nitrogen and oxygen atoms in total. The fraction of sp³-hybridized carbons (Fsp3) is 0.750. The highest BCUT2D eigenvalue weighted by molar-refractivity contribution is 5.48. The topological polar surface area (TPSA) is 38.2 Å². The molecule has 110 valence electrons. The predicted molar refractivity (Wildman–Crippen MR) is 80.2 cm³/mol. The Labute approximate surface area is 121 Å². The number of anilines is 1. The van der Waals surface area contributed by atoms with Crippen molar-refractivity contribution in [1.29, 1.82) is 0 Å². The highest BCUT2D eigenvalue weighted by atomic mass is 16.5. The van der Waals surface area contributed by atoms with E-state index in [0.717, 1.165) is 43.0 Å². The lowest BCUT2D eigenvalue weighted by Crippen LogP contribution is -2.38. The van der Waals surface area contributed by atoms with Crippen LogP contribution in [0.5, 0.6) is 0 Å². The van der Waals surface area contributed by atoms with Gasteiger partial charge in [-0.05, 0) is 52.4 Å². The molecule has 2 aliphatic rings. The number of nitrogens with zero attached hydrogens (tertiary/aromatic N) is 3. The molecule has 3 heterocycles. The van der Waals surface area contributed by atoms with Crippen molar-refractivity contribution in [3.63, 3.8) is 0 Å². The third kappa shape index (κ3) is 2.66. The molecule has 4 heteroatoms. The molecule has 0 amide bonds. The van der Waals surface area contributed by atoms with Gasteiger partial charge in [-0.25, -0.2) is 9.97 Å². The van der Waals surface area contributed by atoms with Crippen LogP contribution in [0.2, 0.25) is 0 Å². The second-order valence-corrected chi connectivity index (χ2v) is 6.18. The summed E-state index contributed by atoms with van der Waals surface area (Å²) in [6.07, 6.45) is 5.48. The van der Waals surface area contributed by atoms with Gasteiger partial charge in [-0.2, -0.15) is 0 Å². The summed E-state index contributed by atoms with van der Waals surface area (Å²) in [5.74, 6) is 2.77. The third-order valence-electron chi connectivity index (χ3n) is 4.81. The number of ether oxygens (including phenoxy) is 1. The summed E-state index contributed by atoms with van der Waals surface area (Å²) in [7, 11) is 0. The van der Waals surface area contributed by atoms with Gasteiger partial charge in [0.1, 0.15) is 11.6 Å². The molecule has 0 aromatic carbocycles. The molecule has 0 N–H and O–H groups in total. The number of hydrogen-bond donors (Lipinski definition) is 0. The number of hydrogen-bond acceptors (Lipinski definition) is 4. The molecular formula is C16H25N3O. The van der Waals surface area contributed by atoms with Gasteiger partial charge in [0.2, 0.25) is 0 Å². The first-order valence-corrected chi connectivity index (χ1v) is 7.83. The van der Waals surface area contributed by atoms with Crippen molar-refractivity contribution in [3.05, 3.63) is 17.1 Å². The molecule has 3 rings (SSSR count). The van der Waals surface area contributed by atoms with Crippen LogP contribution in [0.15, 0.2) is 0 Å². The van der Waals surface area contributed by atoms with Crippen LogP contribution < -0.4 is 4.90 Å². The van der Waals surface area contributed by atoms with Crippen molar-refractivity contribution in [2.24, 2.45) is 5.92 Å². The Kier molecular flexibility index (Phi) is 3.92. The van der Waals surface area contributed by atoms with Gasteiger partial charge in [0.05, 0.1) is 6.10 Å². The van der Waals surface area contributed by atoms with E-state index in [1.807, 2.05) is 6.92 Å². The summed E-state index contributed by atoms with van der Waals surface area (Å²) in [4.78, 5) is 11.5. The van der Waals surface area contributed by atoms with Crippen LogP contribution in [0.1, 0.15) is 42.8 Å². The van der Waals surface area contributed by atoms with Gasteiger partial charge in [0.15, 0.2) is 0 Å². The Morgan fingerprint density at radius 3 is 2.45 bits per heavy atom. The molecule has 1 aromatic heterocycles. The maximum absolute atomic E-state index is 5.85. The Bertz CT molecular complexity index is 475. The van der Waals surface area contributed by atoms with Crippen molar-refractivity contribution in [2.45, 2.75) is 52.6 Å². The standard InChI is InChI=1S/C16H25N3O/c1-11-12(2)17-13(3)18-16(11)19-8-6-14(7-9-19)15-5-4-10-20-15/h14-15H,4-10H2,1-3H3. The van der Waals surface area contributed by atoms with Crippen molar-refractivity contribution in [3.8, 4) is 0 Å². The molecule has 20 heavy (non-hydrogen) atoms. The molecular weight excluding hydrogens is 250 g/mol. The van der Waals surface area contributed by atoms with Crippen LogP contribution in [0, 0.1) is 26.7 Å². The number of piperidine rings is 1. The zero-order chi connectivity index (χ0) is 14.1. The first kappa shape index (κ1) is 13.8. The monoisotopic (exact) mass is 275 g/mol. The zero-order valence-corrected chi connectivity index (χ0v) is 12.9. The predicted octanol–water partition coefficient (Wildman–Crippen LogP) is 2.80. The molecule has 0 spiro atoms. The number of aromatic nitrogens is 2. The second kappa shape index (κ2) is 5.68. The van der Waals surface area contributed by atoms with Crippen molar-refractivity contribution in [1.82, 2.24) is 9.97 Å². The van der Waals surface area contributed by atoms with Gasteiger partial charge in [0, 0.05) is 31.0 Å². The SMILES string of the molecule is Cc1nc(C)c(C)c(N2CCC(C3CCCO3)CC2)n1. The van der Waals surface area contributed by atoms with Crippen LogP contribution in [-0.4, -0.2) is 35.8 Å². The summed E-state index contributed by atoms with van der Waals surface area (Å²) in [5.41, 5.74) is 2.33. The maximum Gasteiger partial charge on any atom is 0.135 e. The minimum Gasteiger partial charge on any atom is -0.378 e. The minimum atomic E-state index is 0.520. The van der Waals surface area contributed by atoms with E-state index < -0.39 is 0 Å². The Hall–Kier alpha value is -1.16. The molecule has 2 fully saturated rings. The van der Waals surface area contributed by atoms with E-state index in [-0.39, 0.29) is 0 Å². The molecule has 1 unspecified atom stereocenters. The first-order chi connectivity index (χ1) is 9.65. The van der Waals surface area contributed by atoms with Crippen LogP contribution in [0.3, 0.4) is 0 Å². The molecule has 0 saturated carbocycles. The average Bonchev–Trinajstić information content (AvgIpc) is 2.97. The third-order valence-corrected chi connectivity index (χ3v) is 4.81. The lowest BCUT2D eigenvalue weighted by atomic mass is 9.89. The average molecular weight is 275 g/mol. The normalized spacial score (nSPS) is 24.4. The van der Waals surface area contributed by atoms with E-state index >= 15 is 0 Å². The van der Waals surface area contributed by atoms with E-state index in [1.54, 1.807) is 0 Å². The summed E-state index contributed by atoms with van der Waals surface area (Å²) >= 11 is 0. The van der Waals surface area contributed by atoms with Crippen LogP contribution in [0.25, 0.3) is 0 Å². The van der Waals surface area contributed by atoms with Crippen LogP contribution >= 0.6 is 0 Å². The van der Waals surface area contributed by atoms with Gasteiger partial charge < -0.3 is 9.64 Å². The number of rotatable bonds is 2. The number of aryl methyl sites for hydroxylation is 2. The zero-order valence-electron chi connectivity index (χ0n) is 12.9. The second-order valence-electron chi connectivity index (χ2n) is 6.18. The highest BCUT2D eigenvalue weighted by Crippen LogP contribution is 2.31. The van der Waals surface area contributed by atoms with Crippen molar-refractivity contribution >= 4 is 5.82 Å². The summed E-state index contributed by atoms with van der Waals surface area (Å²) < 4.78 is 5.85. The lowest BCUT2D eigenvalue weighted by molar-refractivity contribution is 0.0531. The minimum absolute atomic E-state index is 0.520. The molecule has 2 aliphatic heterocycles. The molecule has 0 aliphatic carbocycles. The molecule has 1 aromatic rings. The Morgan fingerprint density at radius 1 is 1.05 bits per heavy atom. The summed E-state index contributed by atoms with van der Waals surface area (Å²) in [6, 6.07) is 0.